The van der Waals surface area contributed by atoms with Crippen molar-refractivity contribution in [2.45, 2.75) is 25.3 Å². The minimum absolute atomic E-state index is 0.0132. The first-order chi connectivity index (χ1) is 19.4. The predicted molar refractivity (Wildman–Crippen MR) is 159 cm³/mol. The highest BCUT2D eigenvalue weighted by atomic mass is 79.9. The van der Waals surface area contributed by atoms with Crippen LogP contribution < -0.4 is 5.01 Å². The Morgan fingerprint density at radius 3 is 2.45 bits per heavy atom. The molecule has 2 aliphatic rings. The van der Waals surface area contributed by atoms with Crippen LogP contribution in [0.15, 0.2) is 93.3 Å². The van der Waals surface area contributed by atoms with Gasteiger partial charge in [-0.2, -0.15) is 5.10 Å². The molecule has 3 aromatic carbocycles. The molecule has 1 aromatic heterocycles. The molecule has 0 saturated heterocycles. The first-order valence-corrected chi connectivity index (χ1v) is 14.3. The van der Waals surface area contributed by atoms with Crippen molar-refractivity contribution in [2.75, 3.05) is 5.01 Å². The van der Waals surface area contributed by atoms with Crippen LogP contribution in [0.25, 0.3) is 17.3 Å². The molecular formula is C29H22BrN5O4S. The molecule has 2 unspecified atom stereocenters. The minimum atomic E-state index is -0.398. The van der Waals surface area contributed by atoms with E-state index in [0.29, 0.717) is 5.13 Å². The van der Waals surface area contributed by atoms with Gasteiger partial charge in [-0.25, -0.2) is 9.99 Å². The highest BCUT2D eigenvalue weighted by Crippen LogP contribution is 2.47. The molecule has 0 N–H and O–H groups in total. The van der Waals surface area contributed by atoms with Crippen LogP contribution in [-0.2, 0) is 0 Å². The van der Waals surface area contributed by atoms with E-state index in [1.54, 1.807) is 24.3 Å². The Morgan fingerprint density at radius 2 is 1.70 bits per heavy atom. The number of allylic oxidation sites excluding steroid dienone is 1. The number of benzene rings is 3. The molecule has 200 valence electrons. The number of hydrogen-bond donors (Lipinski definition) is 0. The van der Waals surface area contributed by atoms with E-state index in [9.17, 15) is 20.2 Å². The van der Waals surface area contributed by atoms with Crippen molar-refractivity contribution in [1.82, 2.24) is 4.98 Å². The molecule has 1 saturated carbocycles. The van der Waals surface area contributed by atoms with Crippen LogP contribution in [0.3, 0.4) is 0 Å². The quantitative estimate of drug-likeness (QED) is 0.159. The van der Waals surface area contributed by atoms with Crippen molar-refractivity contribution in [1.29, 1.82) is 0 Å². The van der Waals surface area contributed by atoms with Gasteiger partial charge in [-0.3, -0.25) is 20.2 Å². The maximum Gasteiger partial charge on any atom is 0.270 e. The number of halogens is 1. The molecule has 2 atom stereocenters. The number of hydrogen-bond acceptors (Lipinski definition) is 8. The smallest absolute Gasteiger partial charge is 0.258 e. The normalized spacial score (nSPS) is 19.4. The molecule has 0 bridgehead atoms. The lowest BCUT2D eigenvalue weighted by molar-refractivity contribution is -0.385. The molecule has 1 aliphatic heterocycles. The summed E-state index contributed by atoms with van der Waals surface area (Å²) < 4.78 is 0.982. The van der Waals surface area contributed by atoms with Crippen LogP contribution in [0.5, 0.6) is 0 Å². The zero-order valence-corrected chi connectivity index (χ0v) is 23.4. The van der Waals surface area contributed by atoms with E-state index in [1.807, 2.05) is 52.9 Å². The van der Waals surface area contributed by atoms with E-state index in [-0.39, 0.29) is 28.3 Å². The number of nitro benzene ring substituents is 2. The van der Waals surface area contributed by atoms with Crippen molar-refractivity contribution in [3.05, 3.63) is 120 Å². The van der Waals surface area contributed by atoms with Gasteiger partial charge < -0.3 is 0 Å². The van der Waals surface area contributed by atoms with Gasteiger partial charge in [-0.15, -0.1) is 11.3 Å². The molecule has 6 rings (SSSR count). The minimum Gasteiger partial charge on any atom is -0.258 e. The Kier molecular flexibility index (Phi) is 6.99. The molecule has 0 amide bonds. The number of hydrazone groups is 1. The van der Waals surface area contributed by atoms with E-state index >= 15 is 0 Å². The third-order valence-electron chi connectivity index (χ3n) is 7.17. The van der Waals surface area contributed by atoms with E-state index < -0.39 is 4.92 Å². The molecule has 1 fully saturated rings. The van der Waals surface area contributed by atoms with Crippen LogP contribution in [0.4, 0.5) is 16.5 Å². The highest BCUT2D eigenvalue weighted by Gasteiger charge is 2.43. The summed E-state index contributed by atoms with van der Waals surface area (Å²) in [5, 5.41) is 32.6. The Bertz CT molecular complexity index is 1680. The van der Waals surface area contributed by atoms with E-state index in [2.05, 4.69) is 15.9 Å². The molecule has 9 nitrogen and oxygen atoms in total. The van der Waals surface area contributed by atoms with Gasteiger partial charge in [0.15, 0.2) is 0 Å². The lowest BCUT2D eigenvalue weighted by Gasteiger charge is -2.29. The van der Waals surface area contributed by atoms with Crippen LogP contribution >= 0.6 is 27.3 Å². The molecule has 0 radical (unpaired) electrons. The summed E-state index contributed by atoms with van der Waals surface area (Å²) in [5.41, 5.74) is 5.33. The zero-order chi connectivity index (χ0) is 27.8. The highest BCUT2D eigenvalue weighted by molar-refractivity contribution is 9.10. The monoisotopic (exact) mass is 615 g/mol. The second kappa shape index (κ2) is 10.7. The summed E-state index contributed by atoms with van der Waals surface area (Å²) in [6, 6.07) is 21.0. The molecule has 1 aliphatic carbocycles. The Labute approximate surface area is 241 Å². The topological polar surface area (TPSA) is 115 Å². The summed E-state index contributed by atoms with van der Waals surface area (Å²) in [4.78, 5) is 27.1. The Hall–Kier alpha value is -4.22. The first kappa shape index (κ1) is 26.0. The van der Waals surface area contributed by atoms with Crippen molar-refractivity contribution in [3.8, 4) is 11.3 Å². The van der Waals surface area contributed by atoms with Crippen LogP contribution in [-0.4, -0.2) is 20.5 Å². The summed E-state index contributed by atoms with van der Waals surface area (Å²) in [6.45, 7) is 0. The maximum absolute atomic E-state index is 11.6. The number of rotatable bonds is 6. The van der Waals surface area contributed by atoms with Crippen LogP contribution in [0.1, 0.15) is 36.4 Å². The van der Waals surface area contributed by atoms with Crippen molar-refractivity contribution in [3.63, 3.8) is 0 Å². The van der Waals surface area contributed by atoms with Gasteiger partial charge >= 0.3 is 0 Å². The van der Waals surface area contributed by atoms with Gasteiger partial charge in [0.25, 0.3) is 11.4 Å². The van der Waals surface area contributed by atoms with Crippen LogP contribution in [0, 0.1) is 26.1 Å². The number of anilines is 1. The fourth-order valence-electron chi connectivity index (χ4n) is 5.37. The SMILES string of the molecule is O=[N+]([O-])c1cccc(C=C2CCCC3C2=NN(c2nc(-c4ccc(Br)cc4)cs2)C3c2cccc([N+](=O)[O-])c2)c1. The van der Waals surface area contributed by atoms with E-state index in [0.717, 1.165) is 57.4 Å². The summed E-state index contributed by atoms with van der Waals surface area (Å²) >= 11 is 4.95. The molecule has 2 heterocycles. The third kappa shape index (κ3) is 5.05. The molecule has 0 spiro atoms. The molecule has 11 heteroatoms. The number of thiazole rings is 1. The largest absolute Gasteiger partial charge is 0.270 e. The van der Waals surface area contributed by atoms with Gasteiger partial charge in [0.05, 0.1) is 27.3 Å². The summed E-state index contributed by atoms with van der Waals surface area (Å²) in [7, 11) is 0. The van der Waals surface area contributed by atoms with Crippen molar-refractivity contribution in [2.24, 2.45) is 11.0 Å². The van der Waals surface area contributed by atoms with Gasteiger partial charge in [-0.1, -0.05) is 52.3 Å². The Balaban J connectivity index is 1.43. The van der Waals surface area contributed by atoms with Crippen LogP contribution in [0.2, 0.25) is 0 Å². The molecular weight excluding hydrogens is 594 g/mol. The van der Waals surface area contributed by atoms with Gasteiger partial charge in [0, 0.05) is 45.6 Å². The van der Waals surface area contributed by atoms with Crippen molar-refractivity contribution < 1.29 is 9.85 Å². The number of nitrogens with zero attached hydrogens (tertiary/aromatic N) is 5. The molecule has 40 heavy (non-hydrogen) atoms. The van der Waals surface area contributed by atoms with Gasteiger partial charge in [0.1, 0.15) is 0 Å². The third-order valence-corrected chi connectivity index (χ3v) is 8.53. The fourth-order valence-corrected chi connectivity index (χ4v) is 6.45. The number of aromatic nitrogens is 1. The Morgan fingerprint density at radius 1 is 0.975 bits per heavy atom. The van der Waals surface area contributed by atoms with Crippen molar-refractivity contribution >= 4 is 55.6 Å². The van der Waals surface area contributed by atoms with E-state index in [1.165, 1.54) is 23.5 Å². The second-order valence-electron chi connectivity index (χ2n) is 9.67. The second-order valence-corrected chi connectivity index (χ2v) is 11.4. The number of fused-ring (bicyclic) bond motifs is 1. The maximum atomic E-state index is 11.6. The lowest BCUT2D eigenvalue weighted by atomic mass is 9.77. The van der Waals surface area contributed by atoms with Gasteiger partial charge in [0.2, 0.25) is 5.13 Å². The number of non-ortho nitro benzene ring substituents is 2. The molecule has 4 aromatic rings. The van der Waals surface area contributed by atoms with E-state index in [4.69, 9.17) is 10.1 Å². The fraction of sp³-hybridized carbons (Fsp3) is 0.172. The van der Waals surface area contributed by atoms with Gasteiger partial charge in [-0.05, 0) is 54.2 Å². The summed E-state index contributed by atoms with van der Waals surface area (Å²) in [5.74, 6) is -0.0132. The lowest BCUT2D eigenvalue weighted by Crippen LogP contribution is -2.28. The number of nitro groups is 2. The standard InChI is InChI=1S/C29H22BrN5O4S/c30-22-12-10-19(11-13-22)26-17-40-29(31-26)33-28(21-6-2-8-24(16-21)35(38)39)25-9-3-5-20(27(25)32-33)14-18-4-1-7-23(15-18)34(36)37/h1-2,4,6-8,10-17,25,28H,3,5,9H2. The average Bonchev–Trinajstić information content (AvgIpc) is 3.60. The average molecular weight is 616 g/mol. The predicted octanol–water partition coefficient (Wildman–Crippen LogP) is 8.19. The summed E-state index contributed by atoms with van der Waals surface area (Å²) in [6.07, 6.45) is 4.53. The first-order valence-electron chi connectivity index (χ1n) is 12.7. The zero-order valence-electron chi connectivity index (χ0n) is 21.0.